The van der Waals surface area contributed by atoms with E-state index < -0.39 is 0 Å². The average molecular weight is 222 g/mol. The quantitative estimate of drug-likeness (QED) is 0.853. The van der Waals surface area contributed by atoms with Crippen LogP contribution in [0.1, 0.15) is 37.3 Å². The van der Waals surface area contributed by atoms with Crippen molar-refractivity contribution >= 4 is 0 Å². The van der Waals surface area contributed by atoms with Crippen LogP contribution in [0.3, 0.4) is 0 Å². The second kappa shape index (κ2) is 5.02. The highest BCUT2D eigenvalue weighted by Crippen LogP contribution is 2.20. The lowest BCUT2D eigenvalue weighted by molar-refractivity contribution is 0.170. The molecule has 2 atom stereocenters. The van der Waals surface area contributed by atoms with Gasteiger partial charge in [0, 0.05) is 13.1 Å². The van der Waals surface area contributed by atoms with Gasteiger partial charge in [0.25, 0.3) is 0 Å². The maximum Gasteiger partial charge on any atom is 0.122 e. The van der Waals surface area contributed by atoms with Gasteiger partial charge in [-0.05, 0) is 44.4 Å². The minimum atomic E-state index is 0.0130. The zero-order valence-electron chi connectivity index (χ0n) is 10.3. The zero-order chi connectivity index (χ0) is 11.5. The summed E-state index contributed by atoms with van der Waals surface area (Å²) in [6, 6.07) is 3.99. The fourth-order valence-corrected chi connectivity index (χ4v) is 2.47. The van der Waals surface area contributed by atoms with Crippen LogP contribution in [0, 0.1) is 12.8 Å². The number of furan rings is 1. The number of nitrogens with zero attached hydrogens (tertiary/aromatic N) is 1. The Bertz CT molecular complexity index is 334. The largest absolute Gasteiger partial charge is 0.465 e. The van der Waals surface area contributed by atoms with Crippen molar-refractivity contribution in [2.24, 2.45) is 11.7 Å². The van der Waals surface area contributed by atoms with E-state index in [1.807, 2.05) is 19.1 Å². The molecular weight excluding hydrogens is 200 g/mol. The minimum Gasteiger partial charge on any atom is -0.465 e. The first-order valence-corrected chi connectivity index (χ1v) is 6.19. The van der Waals surface area contributed by atoms with E-state index in [9.17, 15) is 0 Å². The molecule has 3 heteroatoms. The van der Waals surface area contributed by atoms with Gasteiger partial charge in [0.2, 0.25) is 0 Å². The molecule has 2 unspecified atom stereocenters. The van der Waals surface area contributed by atoms with Crippen molar-refractivity contribution in [1.29, 1.82) is 0 Å². The molecule has 0 aliphatic carbocycles. The standard InChI is InChI=1S/C13H22N2O/c1-10-4-3-7-15(8-10)9-12(14)13-6-5-11(2)16-13/h5-6,10,12H,3-4,7-9,14H2,1-2H3. The van der Waals surface area contributed by atoms with Crippen molar-refractivity contribution in [2.75, 3.05) is 19.6 Å². The highest BCUT2D eigenvalue weighted by atomic mass is 16.3. The van der Waals surface area contributed by atoms with Gasteiger partial charge < -0.3 is 15.1 Å². The Labute approximate surface area is 97.6 Å². The monoisotopic (exact) mass is 222 g/mol. The topological polar surface area (TPSA) is 42.4 Å². The van der Waals surface area contributed by atoms with Gasteiger partial charge in [-0.3, -0.25) is 0 Å². The molecule has 16 heavy (non-hydrogen) atoms. The van der Waals surface area contributed by atoms with Gasteiger partial charge in [0.15, 0.2) is 0 Å². The number of piperidine rings is 1. The smallest absolute Gasteiger partial charge is 0.122 e. The molecule has 0 aromatic carbocycles. The molecule has 0 amide bonds. The Morgan fingerprint density at radius 2 is 2.38 bits per heavy atom. The van der Waals surface area contributed by atoms with Crippen molar-refractivity contribution in [3.8, 4) is 0 Å². The molecule has 0 spiro atoms. The minimum absolute atomic E-state index is 0.0130. The maximum atomic E-state index is 6.15. The van der Waals surface area contributed by atoms with E-state index >= 15 is 0 Å². The number of aryl methyl sites for hydroxylation is 1. The molecule has 2 heterocycles. The van der Waals surface area contributed by atoms with Crippen LogP contribution in [-0.2, 0) is 0 Å². The number of nitrogens with two attached hydrogens (primary N) is 1. The van der Waals surface area contributed by atoms with Crippen LogP contribution in [0.5, 0.6) is 0 Å². The number of hydrogen-bond donors (Lipinski definition) is 1. The molecule has 1 aromatic heterocycles. The van der Waals surface area contributed by atoms with Crippen molar-refractivity contribution in [2.45, 2.75) is 32.7 Å². The molecule has 90 valence electrons. The summed E-state index contributed by atoms with van der Waals surface area (Å²) < 4.78 is 5.56. The molecule has 1 aliphatic heterocycles. The molecule has 1 fully saturated rings. The summed E-state index contributed by atoms with van der Waals surface area (Å²) >= 11 is 0. The summed E-state index contributed by atoms with van der Waals surface area (Å²) in [7, 11) is 0. The Hall–Kier alpha value is -0.800. The third-order valence-corrected chi connectivity index (χ3v) is 3.32. The third-order valence-electron chi connectivity index (χ3n) is 3.32. The van der Waals surface area contributed by atoms with Crippen LogP contribution in [0.15, 0.2) is 16.5 Å². The van der Waals surface area contributed by atoms with E-state index in [0.717, 1.165) is 24.0 Å². The van der Waals surface area contributed by atoms with Crippen molar-refractivity contribution in [3.63, 3.8) is 0 Å². The van der Waals surface area contributed by atoms with Crippen LogP contribution in [0.25, 0.3) is 0 Å². The summed E-state index contributed by atoms with van der Waals surface area (Å²) in [5.41, 5.74) is 6.15. The predicted octanol–water partition coefficient (Wildman–Crippen LogP) is 2.32. The predicted molar refractivity (Wildman–Crippen MR) is 65.2 cm³/mol. The Morgan fingerprint density at radius 1 is 1.56 bits per heavy atom. The average Bonchev–Trinajstić information content (AvgIpc) is 2.65. The third kappa shape index (κ3) is 2.86. The lowest BCUT2D eigenvalue weighted by Gasteiger charge is -2.32. The maximum absolute atomic E-state index is 6.15. The molecule has 3 nitrogen and oxygen atoms in total. The summed E-state index contributed by atoms with van der Waals surface area (Å²) in [6.07, 6.45) is 2.65. The van der Waals surface area contributed by atoms with Crippen LogP contribution in [0.2, 0.25) is 0 Å². The number of hydrogen-bond acceptors (Lipinski definition) is 3. The van der Waals surface area contributed by atoms with Crippen molar-refractivity contribution in [3.05, 3.63) is 23.7 Å². The zero-order valence-corrected chi connectivity index (χ0v) is 10.3. The first-order chi connectivity index (χ1) is 7.65. The van der Waals surface area contributed by atoms with E-state index in [1.54, 1.807) is 0 Å². The van der Waals surface area contributed by atoms with Gasteiger partial charge in [0.05, 0.1) is 6.04 Å². The SMILES string of the molecule is Cc1ccc(C(N)CN2CCCC(C)C2)o1. The molecule has 0 saturated carbocycles. The first-order valence-electron chi connectivity index (χ1n) is 6.19. The Morgan fingerprint density at radius 3 is 3.00 bits per heavy atom. The van der Waals surface area contributed by atoms with Crippen molar-refractivity contribution in [1.82, 2.24) is 4.90 Å². The fourth-order valence-electron chi connectivity index (χ4n) is 2.47. The highest BCUT2D eigenvalue weighted by molar-refractivity contribution is 5.09. The van der Waals surface area contributed by atoms with Gasteiger partial charge in [-0.1, -0.05) is 6.92 Å². The normalized spacial score (nSPS) is 24.6. The molecular formula is C13H22N2O. The van der Waals surface area contributed by atoms with E-state index in [4.69, 9.17) is 10.2 Å². The second-order valence-electron chi connectivity index (χ2n) is 5.06. The molecule has 1 aromatic rings. The van der Waals surface area contributed by atoms with Crippen LogP contribution in [-0.4, -0.2) is 24.5 Å². The lowest BCUT2D eigenvalue weighted by Crippen LogP contribution is -2.38. The first kappa shape index (κ1) is 11.7. The van der Waals surface area contributed by atoms with Crippen molar-refractivity contribution < 1.29 is 4.42 Å². The fraction of sp³-hybridized carbons (Fsp3) is 0.692. The van der Waals surface area contributed by atoms with Gasteiger partial charge in [-0.2, -0.15) is 0 Å². The van der Waals surface area contributed by atoms with Gasteiger partial charge >= 0.3 is 0 Å². The molecule has 0 radical (unpaired) electrons. The van der Waals surface area contributed by atoms with Gasteiger partial charge in [-0.15, -0.1) is 0 Å². The molecule has 1 saturated heterocycles. The molecule has 2 rings (SSSR count). The number of rotatable bonds is 3. The van der Waals surface area contributed by atoms with Crippen LogP contribution >= 0.6 is 0 Å². The van der Waals surface area contributed by atoms with Gasteiger partial charge in [-0.25, -0.2) is 0 Å². The summed E-state index contributed by atoms with van der Waals surface area (Å²) in [5, 5.41) is 0. The van der Waals surface area contributed by atoms with Crippen LogP contribution < -0.4 is 5.73 Å². The highest BCUT2D eigenvalue weighted by Gasteiger charge is 2.20. The second-order valence-corrected chi connectivity index (χ2v) is 5.06. The molecule has 1 aliphatic rings. The van der Waals surface area contributed by atoms with Crippen LogP contribution in [0.4, 0.5) is 0 Å². The van der Waals surface area contributed by atoms with E-state index in [1.165, 1.54) is 25.9 Å². The molecule has 2 N–H and O–H groups in total. The van der Waals surface area contributed by atoms with E-state index in [-0.39, 0.29) is 6.04 Å². The van der Waals surface area contributed by atoms with E-state index in [0.29, 0.717) is 0 Å². The van der Waals surface area contributed by atoms with E-state index in [2.05, 4.69) is 11.8 Å². The lowest BCUT2D eigenvalue weighted by atomic mass is 10.00. The Balaban J connectivity index is 1.89. The summed E-state index contributed by atoms with van der Waals surface area (Å²) in [4.78, 5) is 2.46. The summed E-state index contributed by atoms with van der Waals surface area (Å²) in [5.74, 6) is 2.66. The summed E-state index contributed by atoms with van der Waals surface area (Å²) in [6.45, 7) is 7.54. The Kier molecular flexibility index (Phi) is 3.66. The molecule has 0 bridgehead atoms. The van der Waals surface area contributed by atoms with Gasteiger partial charge in [0.1, 0.15) is 11.5 Å². The number of likely N-dealkylation sites (tertiary alicyclic amines) is 1.